The van der Waals surface area contributed by atoms with Crippen LogP contribution in [0.2, 0.25) is 5.02 Å². The van der Waals surface area contributed by atoms with Gasteiger partial charge in [0.25, 0.3) is 5.91 Å². The highest BCUT2D eigenvalue weighted by Gasteiger charge is 2.24. The lowest BCUT2D eigenvalue weighted by Gasteiger charge is -2.02. The molecule has 1 amide bonds. The van der Waals surface area contributed by atoms with Gasteiger partial charge in [0.15, 0.2) is 5.78 Å². The maximum atomic E-state index is 12.3. The highest BCUT2D eigenvalue weighted by molar-refractivity contribution is 6.31. The van der Waals surface area contributed by atoms with Crippen LogP contribution < -0.4 is 10.1 Å². The Hall–Kier alpha value is -2.59. The maximum Gasteiger partial charge on any atom is 0.256 e. The molecule has 0 saturated heterocycles. The number of ether oxygens (including phenoxy) is 1. The first-order valence-corrected chi connectivity index (χ1v) is 6.97. The van der Waals surface area contributed by atoms with Crippen molar-refractivity contribution in [2.45, 2.75) is 0 Å². The number of ketones is 1. The third-order valence-corrected chi connectivity index (χ3v) is 3.65. The summed E-state index contributed by atoms with van der Waals surface area (Å²) in [6.45, 7) is 0. The van der Waals surface area contributed by atoms with E-state index in [-0.39, 0.29) is 11.7 Å². The standard InChI is InChI=1S/C17H12ClNO3/c1-22-12-5-2-10(3-6-12)16(20)9-15-13-7-4-11(18)8-14(13)17(21)19-15/h2-9H,1H3,(H,19,21)/b15-9-. The molecule has 3 rings (SSSR count). The average Bonchev–Trinajstić information content (AvgIpc) is 2.83. The Morgan fingerprint density at radius 3 is 2.55 bits per heavy atom. The first-order chi connectivity index (χ1) is 10.6. The SMILES string of the molecule is COc1ccc(C(=O)/C=C2\NC(=O)c3cc(Cl)ccc32)cc1. The molecule has 0 radical (unpaired) electrons. The summed E-state index contributed by atoms with van der Waals surface area (Å²) < 4.78 is 5.06. The van der Waals surface area contributed by atoms with E-state index in [0.717, 1.165) is 0 Å². The zero-order chi connectivity index (χ0) is 15.7. The highest BCUT2D eigenvalue weighted by Crippen LogP contribution is 2.27. The predicted molar refractivity (Wildman–Crippen MR) is 84.2 cm³/mol. The second kappa shape index (κ2) is 5.66. The van der Waals surface area contributed by atoms with Crippen molar-refractivity contribution in [2.75, 3.05) is 7.11 Å². The number of hydrogen-bond donors (Lipinski definition) is 1. The topological polar surface area (TPSA) is 55.4 Å². The number of fused-ring (bicyclic) bond motifs is 1. The Kier molecular flexibility index (Phi) is 3.69. The molecule has 4 nitrogen and oxygen atoms in total. The number of rotatable bonds is 3. The first-order valence-electron chi connectivity index (χ1n) is 6.60. The molecule has 22 heavy (non-hydrogen) atoms. The van der Waals surface area contributed by atoms with Gasteiger partial charge in [-0.3, -0.25) is 9.59 Å². The van der Waals surface area contributed by atoms with Crippen LogP contribution in [0.5, 0.6) is 5.75 Å². The number of hydrogen-bond acceptors (Lipinski definition) is 3. The van der Waals surface area contributed by atoms with Gasteiger partial charge < -0.3 is 10.1 Å². The molecule has 0 bridgehead atoms. The smallest absolute Gasteiger partial charge is 0.256 e. The second-order valence-corrected chi connectivity index (χ2v) is 5.23. The largest absolute Gasteiger partial charge is 0.497 e. The summed E-state index contributed by atoms with van der Waals surface area (Å²) in [5.41, 5.74) is 2.15. The van der Waals surface area contributed by atoms with Gasteiger partial charge in [-0.05, 0) is 36.4 Å². The molecule has 0 saturated carbocycles. The molecule has 5 heteroatoms. The molecular formula is C17H12ClNO3. The summed E-state index contributed by atoms with van der Waals surface area (Å²) in [6.07, 6.45) is 1.42. The Morgan fingerprint density at radius 2 is 1.86 bits per heavy atom. The molecular weight excluding hydrogens is 302 g/mol. The van der Waals surface area contributed by atoms with Crippen molar-refractivity contribution in [3.8, 4) is 5.75 Å². The summed E-state index contributed by atoms with van der Waals surface area (Å²) in [6, 6.07) is 11.8. The number of benzene rings is 2. The Morgan fingerprint density at radius 1 is 1.14 bits per heavy atom. The molecule has 0 unspecified atom stereocenters. The van der Waals surface area contributed by atoms with E-state index in [0.29, 0.717) is 33.2 Å². The van der Waals surface area contributed by atoms with Gasteiger partial charge in [-0.1, -0.05) is 17.7 Å². The van der Waals surface area contributed by atoms with Crippen LogP contribution in [0, 0.1) is 0 Å². The molecule has 0 atom stereocenters. The zero-order valence-corrected chi connectivity index (χ0v) is 12.5. The van der Waals surface area contributed by atoms with Crippen LogP contribution in [0.3, 0.4) is 0 Å². The van der Waals surface area contributed by atoms with Crippen LogP contribution >= 0.6 is 11.6 Å². The summed E-state index contributed by atoms with van der Waals surface area (Å²) in [7, 11) is 1.56. The zero-order valence-electron chi connectivity index (χ0n) is 11.7. The molecule has 0 fully saturated rings. The fourth-order valence-electron chi connectivity index (χ4n) is 2.28. The molecule has 1 heterocycles. The number of halogens is 1. The Labute approximate surface area is 132 Å². The molecule has 0 spiro atoms. The summed E-state index contributed by atoms with van der Waals surface area (Å²) in [5, 5.41) is 3.17. The lowest BCUT2D eigenvalue weighted by molar-refractivity contribution is 0.0981. The predicted octanol–water partition coefficient (Wildman–Crippen LogP) is 3.32. The minimum Gasteiger partial charge on any atom is -0.497 e. The number of carbonyl (C=O) groups is 2. The van der Waals surface area contributed by atoms with Crippen LogP contribution in [0.15, 0.2) is 48.5 Å². The summed E-state index contributed by atoms with van der Waals surface area (Å²) in [4.78, 5) is 24.2. The van der Waals surface area contributed by atoms with Crippen molar-refractivity contribution in [1.82, 2.24) is 5.32 Å². The van der Waals surface area contributed by atoms with E-state index in [9.17, 15) is 9.59 Å². The van der Waals surface area contributed by atoms with Crippen molar-refractivity contribution in [3.63, 3.8) is 0 Å². The number of amides is 1. The van der Waals surface area contributed by atoms with E-state index < -0.39 is 0 Å². The average molecular weight is 314 g/mol. The van der Waals surface area contributed by atoms with Crippen molar-refractivity contribution < 1.29 is 14.3 Å². The van der Waals surface area contributed by atoms with Crippen LogP contribution in [0.25, 0.3) is 5.70 Å². The molecule has 1 aliphatic rings. The second-order valence-electron chi connectivity index (χ2n) is 4.79. The number of carbonyl (C=O) groups excluding carboxylic acids is 2. The van der Waals surface area contributed by atoms with Gasteiger partial charge in [-0.25, -0.2) is 0 Å². The van der Waals surface area contributed by atoms with E-state index >= 15 is 0 Å². The van der Waals surface area contributed by atoms with E-state index in [1.807, 2.05) is 0 Å². The van der Waals surface area contributed by atoms with Crippen molar-refractivity contribution in [1.29, 1.82) is 0 Å². The van der Waals surface area contributed by atoms with Gasteiger partial charge in [0, 0.05) is 22.2 Å². The minimum absolute atomic E-state index is 0.194. The van der Waals surface area contributed by atoms with E-state index in [1.165, 1.54) is 6.08 Å². The van der Waals surface area contributed by atoms with Gasteiger partial charge in [-0.2, -0.15) is 0 Å². The van der Waals surface area contributed by atoms with Crippen molar-refractivity contribution in [3.05, 3.63) is 70.3 Å². The molecule has 110 valence electrons. The van der Waals surface area contributed by atoms with Gasteiger partial charge in [0.05, 0.1) is 18.4 Å². The fraction of sp³-hybridized carbons (Fsp3) is 0.0588. The fourth-order valence-corrected chi connectivity index (χ4v) is 2.45. The van der Waals surface area contributed by atoms with Crippen molar-refractivity contribution >= 4 is 29.0 Å². The van der Waals surface area contributed by atoms with E-state index in [2.05, 4.69) is 5.32 Å². The molecule has 2 aromatic carbocycles. The number of allylic oxidation sites excluding steroid dienone is 1. The molecule has 0 aromatic heterocycles. The van der Waals surface area contributed by atoms with Gasteiger partial charge in [0.2, 0.25) is 0 Å². The quantitative estimate of drug-likeness (QED) is 0.698. The molecule has 0 aliphatic carbocycles. The lowest BCUT2D eigenvalue weighted by Crippen LogP contribution is -2.13. The lowest BCUT2D eigenvalue weighted by atomic mass is 10.1. The molecule has 1 N–H and O–H groups in total. The van der Waals surface area contributed by atoms with Gasteiger partial charge in [-0.15, -0.1) is 0 Å². The highest BCUT2D eigenvalue weighted by atomic mass is 35.5. The molecule has 2 aromatic rings. The number of nitrogens with one attached hydrogen (secondary N) is 1. The van der Waals surface area contributed by atoms with Gasteiger partial charge >= 0.3 is 0 Å². The molecule has 1 aliphatic heterocycles. The van der Waals surface area contributed by atoms with Crippen LogP contribution in [0.4, 0.5) is 0 Å². The monoisotopic (exact) mass is 313 g/mol. The van der Waals surface area contributed by atoms with Crippen molar-refractivity contribution in [2.24, 2.45) is 0 Å². The van der Waals surface area contributed by atoms with E-state index in [4.69, 9.17) is 16.3 Å². The third kappa shape index (κ3) is 2.61. The number of methoxy groups -OCH3 is 1. The normalized spacial score (nSPS) is 14.6. The van der Waals surface area contributed by atoms with Crippen LogP contribution in [0.1, 0.15) is 26.3 Å². The Bertz CT molecular complexity index is 794. The minimum atomic E-state index is -0.258. The van der Waals surface area contributed by atoms with Crippen LogP contribution in [-0.4, -0.2) is 18.8 Å². The third-order valence-electron chi connectivity index (χ3n) is 3.41. The first kappa shape index (κ1) is 14.4. The van der Waals surface area contributed by atoms with E-state index in [1.54, 1.807) is 49.6 Å². The summed E-state index contributed by atoms with van der Waals surface area (Å²) in [5.74, 6) is 0.227. The van der Waals surface area contributed by atoms with Crippen LogP contribution in [-0.2, 0) is 0 Å². The summed E-state index contributed by atoms with van der Waals surface area (Å²) >= 11 is 5.89. The Balaban J connectivity index is 1.93. The van der Waals surface area contributed by atoms with Gasteiger partial charge in [0.1, 0.15) is 5.75 Å². The maximum absolute atomic E-state index is 12.3.